The predicted octanol–water partition coefficient (Wildman–Crippen LogP) is 0.893. The van der Waals surface area contributed by atoms with Crippen molar-refractivity contribution in [2.45, 2.75) is 32.6 Å². The van der Waals surface area contributed by atoms with Gasteiger partial charge < -0.3 is 9.63 Å². The Kier molecular flexibility index (Phi) is 2.51. The highest BCUT2D eigenvalue weighted by atomic mass is 16.5. The van der Waals surface area contributed by atoms with E-state index in [1.54, 1.807) is 0 Å². The Morgan fingerprint density at radius 1 is 1.50 bits per heavy atom. The molecule has 0 atom stereocenters. The predicted molar refractivity (Wildman–Crippen MR) is 49.4 cm³/mol. The van der Waals surface area contributed by atoms with Gasteiger partial charge in [-0.25, -0.2) is 9.95 Å². The molecular formula is C9H13NO4. The van der Waals surface area contributed by atoms with Crippen molar-refractivity contribution in [2.75, 3.05) is 0 Å². The van der Waals surface area contributed by atoms with Crippen molar-refractivity contribution in [1.82, 2.24) is 5.16 Å². The molecule has 0 spiro atoms. The van der Waals surface area contributed by atoms with E-state index in [1.165, 1.54) is 0 Å². The number of aliphatic carboxylic acids is 1. The molecule has 0 saturated carbocycles. The average Bonchev–Trinajstić information content (AvgIpc) is 2.30. The molecule has 0 radical (unpaired) electrons. The van der Waals surface area contributed by atoms with Crippen molar-refractivity contribution in [3.8, 4) is 0 Å². The number of H-pyrrole nitrogens is 1. The van der Waals surface area contributed by atoms with E-state index < -0.39 is 11.6 Å². The van der Waals surface area contributed by atoms with Gasteiger partial charge in [-0.05, 0) is 0 Å². The Balaban J connectivity index is 3.20. The quantitative estimate of drug-likeness (QED) is 0.741. The number of carbonyl (C=O) groups is 1. The normalized spacial score (nSPS) is 11.6. The van der Waals surface area contributed by atoms with Gasteiger partial charge in [0.15, 0.2) is 0 Å². The van der Waals surface area contributed by atoms with Gasteiger partial charge in [0.05, 0.1) is 17.7 Å². The van der Waals surface area contributed by atoms with Crippen LogP contribution in [0.5, 0.6) is 0 Å². The van der Waals surface area contributed by atoms with Gasteiger partial charge in [-0.2, -0.15) is 0 Å². The molecule has 0 aliphatic heterocycles. The van der Waals surface area contributed by atoms with E-state index >= 15 is 0 Å². The molecule has 0 unspecified atom stereocenters. The van der Waals surface area contributed by atoms with Crippen LogP contribution in [0.1, 0.15) is 32.0 Å². The molecule has 0 amide bonds. The smallest absolute Gasteiger partial charge is 0.361 e. The first-order valence-electron chi connectivity index (χ1n) is 4.25. The molecule has 1 rings (SSSR count). The molecule has 0 bridgehead atoms. The Bertz CT molecular complexity index is 394. The van der Waals surface area contributed by atoms with Crippen molar-refractivity contribution in [1.29, 1.82) is 0 Å². The zero-order valence-electron chi connectivity index (χ0n) is 8.38. The summed E-state index contributed by atoms with van der Waals surface area (Å²) in [6, 6.07) is 0. The number of carboxylic acid groups (broad SMARTS) is 1. The summed E-state index contributed by atoms with van der Waals surface area (Å²) in [5, 5.41) is 11.1. The number of nitrogens with one attached hydrogen (secondary N) is 1. The maximum absolute atomic E-state index is 11.2. The molecule has 1 aromatic heterocycles. The van der Waals surface area contributed by atoms with Gasteiger partial charge in [-0.1, -0.05) is 20.8 Å². The van der Waals surface area contributed by atoms with E-state index in [0.717, 1.165) is 0 Å². The average molecular weight is 199 g/mol. The molecule has 2 N–H and O–H groups in total. The van der Waals surface area contributed by atoms with Crippen LogP contribution in [0.3, 0.4) is 0 Å². The van der Waals surface area contributed by atoms with E-state index in [9.17, 15) is 9.59 Å². The summed E-state index contributed by atoms with van der Waals surface area (Å²) in [4.78, 5) is 21.7. The standard InChI is InChI=1S/C9H13NO4/c1-9(2,3)7-5(4-6(11)12)8(13)14-10-7/h10H,4H2,1-3H3,(H,11,12). The SMILES string of the molecule is CC(C)(C)c1[nH]oc(=O)c1CC(=O)O. The Morgan fingerprint density at radius 3 is 2.50 bits per heavy atom. The summed E-state index contributed by atoms with van der Waals surface area (Å²) in [7, 11) is 0. The lowest BCUT2D eigenvalue weighted by Crippen LogP contribution is -2.19. The first kappa shape index (κ1) is 10.6. The maximum atomic E-state index is 11.2. The molecule has 78 valence electrons. The van der Waals surface area contributed by atoms with E-state index in [4.69, 9.17) is 5.11 Å². The Morgan fingerprint density at radius 2 is 2.07 bits per heavy atom. The molecule has 0 aromatic carbocycles. The van der Waals surface area contributed by atoms with Crippen LogP contribution in [-0.2, 0) is 16.6 Å². The van der Waals surface area contributed by atoms with Crippen molar-refractivity contribution in [3.05, 3.63) is 21.7 Å². The minimum absolute atomic E-state index is 0.199. The van der Waals surface area contributed by atoms with Gasteiger partial charge in [-0.3, -0.25) is 4.79 Å². The Hall–Kier alpha value is -1.52. The van der Waals surface area contributed by atoms with Gasteiger partial charge in [0.25, 0.3) is 0 Å². The van der Waals surface area contributed by atoms with Gasteiger partial charge >= 0.3 is 11.6 Å². The molecule has 0 saturated heterocycles. The van der Waals surface area contributed by atoms with Gasteiger partial charge in [0.1, 0.15) is 0 Å². The summed E-state index contributed by atoms with van der Waals surface area (Å²) in [5.41, 5.74) is -0.177. The number of aromatic nitrogens is 1. The molecule has 5 heteroatoms. The Labute approximate surface area is 80.7 Å². The van der Waals surface area contributed by atoms with Crippen LogP contribution < -0.4 is 5.63 Å². The fourth-order valence-electron chi connectivity index (χ4n) is 1.24. The lowest BCUT2D eigenvalue weighted by molar-refractivity contribution is -0.136. The minimum atomic E-state index is -1.04. The summed E-state index contributed by atoms with van der Waals surface area (Å²) < 4.78 is 4.58. The van der Waals surface area contributed by atoms with Gasteiger partial charge in [0, 0.05) is 5.41 Å². The number of aromatic amines is 1. The van der Waals surface area contributed by atoms with Crippen molar-refractivity contribution in [3.63, 3.8) is 0 Å². The van der Waals surface area contributed by atoms with Gasteiger partial charge in [-0.15, -0.1) is 0 Å². The number of rotatable bonds is 2. The molecule has 1 aromatic rings. The molecule has 14 heavy (non-hydrogen) atoms. The van der Waals surface area contributed by atoms with E-state index in [0.29, 0.717) is 5.69 Å². The van der Waals surface area contributed by atoms with Crippen molar-refractivity contribution < 1.29 is 14.4 Å². The monoisotopic (exact) mass is 199 g/mol. The summed E-state index contributed by atoms with van der Waals surface area (Å²) in [6.45, 7) is 5.62. The van der Waals surface area contributed by atoms with Crippen molar-refractivity contribution in [2.24, 2.45) is 0 Å². The van der Waals surface area contributed by atoms with Crippen molar-refractivity contribution >= 4 is 5.97 Å². The highest BCUT2D eigenvalue weighted by molar-refractivity contribution is 5.70. The number of carboxylic acids is 1. The maximum Gasteiger partial charge on any atom is 0.361 e. The second kappa shape index (κ2) is 3.32. The second-order valence-corrected chi connectivity index (χ2v) is 4.17. The molecule has 0 aliphatic rings. The summed E-state index contributed by atoms with van der Waals surface area (Å²) in [5.74, 6) is -1.04. The van der Waals surface area contributed by atoms with E-state index in [2.05, 4.69) is 9.68 Å². The lowest BCUT2D eigenvalue weighted by Gasteiger charge is -2.16. The van der Waals surface area contributed by atoms with Crippen LogP contribution in [0.4, 0.5) is 0 Å². The van der Waals surface area contributed by atoms with E-state index in [-0.39, 0.29) is 17.4 Å². The lowest BCUT2D eigenvalue weighted by atomic mass is 9.89. The third-order valence-electron chi connectivity index (χ3n) is 1.87. The van der Waals surface area contributed by atoms with Crippen LogP contribution >= 0.6 is 0 Å². The minimum Gasteiger partial charge on any atom is -0.481 e. The zero-order chi connectivity index (χ0) is 10.9. The fraction of sp³-hybridized carbons (Fsp3) is 0.556. The molecule has 0 aliphatic carbocycles. The van der Waals surface area contributed by atoms with Crippen LogP contribution in [0, 0.1) is 0 Å². The highest BCUT2D eigenvalue weighted by Gasteiger charge is 2.24. The van der Waals surface area contributed by atoms with Crippen LogP contribution in [0.2, 0.25) is 0 Å². The second-order valence-electron chi connectivity index (χ2n) is 4.17. The molecular weight excluding hydrogens is 186 g/mol. The van der Waals surface area contributed by atoms with E-state index in [1.807, 2.05) is 20.8 Å². The zero-order valence-corrected chi connectivity index (χ0v) is 8.38. The van der Waals surface area contributed by atoms with Gasteiger partial charge in [0.2, 0.25) is 0 Å². The van der Waals surface area contributed by atoms with Crippen LogP contribution in [-0.4, -0.2) is 16.2 Å². The molecule has 5 nitrogen and oxygen atoms in total. The molecule has 0 fully saturated rings. The first-order chi connectivity index (χ1) is 6.32. The first-order valence-corrected chi connectivity index (χ1v) is 4.25. The number of hydrogen-bond donors (Lipinski definition) is 2. The summed E-state index contributed by atoms with van der Waals surface area (Å²) >= 11 is 0. The highest BCUT2D eigenvalue weighted by Crippen LogP contribution is 2.22. The summed E-state index contributed by atoms with van der Waals surface area (Å²) in [6.07, 6.45) is -0.307. The fourth-order valence-corrected chi connectivity index (χ4v) is 1.24. The van der Waals surface area contributed by atoms with Crippen LogP contribution in [0.25, 0.3) is 0 Å². The topological polar surface area (TPSA) is 83.3 Å². The third-order valence-corrected chi connectivity index (χ3v) is 1.87. The molecule has 1 heterocycles. The number of hydrogen-bond acceptors (Lipinski definition) is 3. The van der Waals surface area contributed by atoms with Crippen LogP contribution in [0.15, 0.2) is 9.32 Å². The largest absolute Gasteiger partial charge is 0.481 e. The third kappa shape index (κ3) is 2.04.